The molecular formula is C12H12BrNO2S. The molecule has 0 saturated carbocycles. The Kier molecular flexibility index (Phi) is 4.15. The van der Waals surface area contributed by atoms with E-state index in [0.717, 1.165) is 14.9 Å². The van der Waals surface area contributed by atoms with Gasteiger partial charge in [-0.15, -0.1) is 11.3 Å². The van der Waals surface area contributed by atoms with Crippen LogP contribution in [0.25, 0.3) is 0 Å². The van der Waals surface area contributed by atoms with Crippen LogP contribution < -0.4 is 0 Å². The van der Waals surface area contributed by atoms with E-state index in [1.54, 1.807) is 12.5 Å². The lowest BCUT2D eigenvalue weighted by Crippen LogP contribution is -2.25. The summed E-state index contributed by atoms with van der Waals surface area (Å²) < 4.78 is 5.87. The lowest BCUT2D eigenvalue weighted by molar-refractivity contribution is 0.0946. The number of Topliss-reactive ketones (excluding diaryl/α,β-unsaturated/α-hetero) is 1. The molecule has 2 aromatic rings. The average molecular weight is 314 g/mol. The van der Waals surface area contributed by atoms with Crippen LogP contribution in [0.5, 0.6) is 0 Å². The van der Waals surface area contributed by atoms with Crippen LogP contribution in [0.4, 0.5) is 0 Å². The van der Waals surface area contributed by atoms with Crippen molar-refractivity contribution < 1.29 is 9.21 Å². The number of rotatable bonds is 5. The fourth-order valence-electron chi connectivity index (χ4n) is 1.56. The maximum absolute atomic E-state index is 12.0. The number of carbonyl (C=O) groups is 1. The van der Waals surface area contributed by atoms with Crippen molar-refractivity contribution in [1.29, 1.82) is 0 Å². The van der Waals surface area contributed by atoms with Crippen LogP contribution >= 0.6 is 27.3 Å². The Balaban J connectivity index is 1.93. The first-order valence-electron chi connectivity index (χ1n) is 5.12. The molecular weight excluding hydrogens is 302 g/mol. The van der Waals surface area contributed by atoms with Crippen molar-refractivity contribution in [2.75, 3.05) is 13.6 Å². The first-order chi connectivity index (χ1) is 8.16. The van der Waals surface area contributed by atoms with Gasteiger partial charge in [0.05, 0.1) is 23.9 Å². The van der Waals surface area contributed by atoms with Crippen molar-refractivity contribution in [1.82, 2.24) is 4.90 Å². The van der Waals surface area contributed by atoms with Crippen LogP contribution in [-0.4, -0.2) is 24.3 Å². The highest BCUT2D eigenvalue weighted by atomic mass is 79.9. The molecule has 2 heterocycles. The number of hydrogen-bond donors (Lipinski definition) is 0. The number of hydrogen-bond acceptors (Lipinski definition) is 4. The van der Waals surface area contributed by atoms with Gasteiger partial charge in [0.1, 0.15) is 0 Å². The third-order valence-electron chi connectivity index (χ3n) is 2.32. The van der Waals surface area contributed by atoms with E-state index in [1.807, 2.05) is 29.5 Å². The molecule has 5 heteroatoms. The van der Waals surface area contributed by atoms with Gasteiger partial charge in [0, 0.05) is 16.6 Å². The van der Waals surface area contributed by atoms with Crippen LogP contribution in [0.2, 0.25) is 0 Å². The van der Waals surface area contributed by atoms with Gasteiger partial charge < -0.3 is 4.42 Å². The number of thiophene rings is 1. The maximum atomic E-state index is 12.0. The summed E-state index contributed by atoms with van der Waals surface area (Å²) in [6.45, 7) is 1.12. The highest BCUT2D eigenvalue weighted by molar-refractivity contribution is 9.10. The summed E-state index contributed by atoms with van der Waals surface area (Å²) in [5.41, 5.74) is 1.07. The molecule has 0 unspecified atom stereocenters. The minimum atomic E-state index is 0.137. The highest BCUT2D eigenvalue weighted by Gasteiger charge is 2.14. The summed E-state index contributed by atoms with van der Waals surface area (Å²) >= 11 is 4.84. The molecule has 0 aliphatic rings. The summed E-state index contributed by atoms with van der Waals surface area (Å²) in [5.74, 6) is 0.137. The van der Waals surface area contributed by atoms with Gasteiger partial charge >= 0.3 is 0 Å². The molecule has 0 bridgehead atoms. The summed E-state index contributed by atoms with van der Waals surface area (Å²) in [6, 6.07) is 3.80. The Morgan fingerprint density at radius 1 is 1.53 bits per heavy atom. The van der Waals surface area contributed by atoms with Gasteiger partial charge in [-0.2, -0.15) is 0 Å². The van der Waals surface area contributed by atoms with Gasteiger partial charge in [0.15, 0.2) is 5.78 Å². The summed E-state index contributed by atoms with van der Waals surface area (Å²) in [7, 11) is 1.92. The van der Waals surface area contributed by atoms with E-state index >= 15 is 0 Å². The number of carbonyl (C=O) groups excluding carboxylic acids is 1. The summed E-state index contributed by atoms with van der Waals surface area (Å²) in [4.78, 5) is 14.7. The van der Waals surface area contributed by atoms with E-state index in [2.05, 4.69) is 15.9 Å². The first-order valence-corrected chi connectivity index (χ1v) is 6.80. The molecule has 0 aliphatic carbocycles. The number of furan rings is 1. The molecule has 17 heavy (non-hydrogen) atoms. The van der Waals surface area contributed by atoms with Gasteiger partial charge in [-0.05, 0) is 40.5 Å². The molecule has 3 nitrogen and oxygen atoms in total. The molecule has 0 saturated heterocycles. The molecule has 0 fully saturated rings. The van der Waals surface area contributed by atoms with E-state index in [-0.39, 0.29) is 5.78 Å². The second-order valence-electron chi connectivity index (χ2n) is 3.82. The maximum Gasteiger partial charge on any atom is 0.187 e. The molecule has 0 radical (unpaired) electrons. The third kappa shape index (κ3) is 3.28. The van der Waals surface area contributed by atoms with E-state index in [9.17, 15) is 4.79 Å². The van der Waals surface area contributed by atoms with E-state index in [0.29, 0.717) is 13.1 Å². The molecule has 0 aromatic carbocycles. The van der Waals surface area contributed by atoms with E-state index < -0.39 is 0 Å². The minimum Gasteiger partial charge on any atom is -0.472 e. The third-order valence-corrected chi connectivity index (χ3v) is 4.20. The lowest BCUT2D eigenvalue weighted by Gasteiger charge is -2.13. The van der Waals surface area contributed by atoms with Crippen LogP contribution in [0.1, 0.15) is 15.2 Å². The second-order valence-corrected chi connectivity index (χ2v) is 5.60. The Morgan fingerprint density at radius 3 is 2.94 bits per heavy atom. The zero-order valence-corrected chi connectivity index (χ0v) is 11.8. The zero-order valence-electron chi connectivity index (χ0n) is 9.35. The monoisotopic (exact) mass is 313 g/mol. The molecule has 90 valence electrons. The van der Waals surface area contributed by atoms with E-state index in [4.69, 9.17) is 4.42 Å². The normalized spacial score (nSPS) is 11.0. The number of ketones is 1. The van der Waals surface area contributed by atoms with Crippen molar-refractivity contribution in [3.63, 3.8) is 0 Å². The molecule has 2 aromatic heterocycles. The highest BCUT2D eigenvalue weighted by Crippen LogP contribution is 2.23. The minimum absolute atomic E-state index is 0.137. The first kappa shape index (κ1) is 12.5. The summed E-state index contributed by atoms with van der Waals surface area (Å²) in [6.07, 6.45) is 3.34. The van der Waals surface area contributed by atoms with Crippen LogP contribution in [0.3, 0.4) is 0 Å². The Morgan fingerprint density at radius 2 is 2.35 bits per heavy atom. The molecule has 2 rings (SSSR count). The van der Waals surface area contributed by atoms with E-state index in [1.165, 1.54) is 11.3 Å². The quantitative estimate of drug-likeness (QED) is 0.793. The molecule has 0 N–H and O–H groups in total. The number of likely N-dealkylation sites (N-methyl/N-ethyl adjacent to an activating group) is 1. The van der Waals surface area contributed by atoms with Gasteiger partial charge in [-0.25, -0.2) is 0 Å². The molecule has 0 spiro atoms. The molecule has 0 atom stereocenters. The van der Waals surface area contributed by atoms with Crippen molar-refractivity contribution in [2.45, 2.75) is 6.54 Å². The fourth-order valence-corrected chi connectivity index (χ4v) is 3.09. The molecule has 0 aliphatic heterocycles. The van der Waals surface area contributed by atoms with Crippen molar-refractivity contribution in [3.05, 3.63) is 45.0 Å². The smallest absolute Gasteiger partial charge is 0.187 e. The van der Waals surface area contributed by atoms with Gasteiger partial charge in [-0.1, -0.05) is 0 Å². The van der Waals surface area contributed by atoms with Gasteiger partial charge in [-0.3, -0.25) is 9.69 Å². The van der Waals surface area contributed by atoms with Crippen molar-refractivity contribution in [2.24, 2.45) is 0 Å². The molecule has 0 amide bonds. The van der Waals surface area contributed by atoms with Gasteiger partial charge in [0.25, 0.3) is 0 Å². The number of halogens is 1. The predicted molar refractivity (Wildman–Crippen MR) is 71.4 cm³/mol. The number of nitrogens with zero attached hydrogens (tertiary/aromatic N) is 1. The van der Waals surface area contributed by atoms with Crippen molar-refractivity contribution >= 4 is 33.0 Å². The predicted octanol–water partition coefficient (Wildman–Crippen LogP) is 3.42. The topological polar surface area (TPSA) is 33.5 Å². The van der Waals surface area contributed by atoms with Crippen molar-refractivity contribution in [3.8, 4) is 0 Å². The Bertz CT molecular complexity index is 492. The van der Waals surface area contributed by atoms with Gasteiger partial charge in [0.2, 0.25) is 0 Å². The lowest BCUT2D eigenvalue weighted by atomic mass is 10.2. The van der Waals surface area contributed by atoms with Crippen LogP contribution in [0.15, 0.2) is 38.9 Å². The largest absolute Gasteiger partial charge is 0.472 e. The van der Waals surface area contributed by atoms with Crippen LogP contribution in [0, 0.1) is 0 Å². The SMILES string of the molecule is CN(CC(=O)c1sccc1Br)Cc1ccoc1. The summed E-state index contributed by atoms with van der Waals surface area (Å²) in [5, 5.41) is 1.91. The Hall–Kier alpha value is -0.910. The van der Waals surface area contributed by atoms with Crippen LogP contribution in [-0.2, 0) is 6.54 Å². The standard InChI is InChI=1S/C12H12BrNO2S/c1-14(6-9-2-4-16-8-9)7-11(15)12-10(13)3-5-17-12/h2-5,8H,6-7H2,1H3. The zero-order chi connectivity index (χ0) is 12.3. The fraction of sp³-hybridized carbons (Fsp3) is 0.250. The second kappa shape index (κ2) is 5.62. The Labute approximate surface area is 112 Å². The average Bonchev–Trinajstić information content (AvgIpc) is 2.88.